The second kappa shape index (κ2) is 6.40. The summed E-state index contributed by atoms with van der Waals surface area (Å²) in [4.78, 5) is 13.1. The molecule has 0 saturated heterocycles. The fourth-order valence-corrected chi connectivity index (χ4v) is 3.01. The summed E-state index contributed by atoms with van der Waals surface area (Å²) in [5, 5.41) is 8.80. The van der Waals surface area contributed by atoms with E-state index in [2.05, 4.69) is 10.4 Å². The maximum Gasteiger partial charge on any atom is 0.233 e. The zero-order valence-electron chi connectivity index (χ0n) is 11.8. The number of carbonyl (C=O) groups excluding carboxylic acids is 1. The molecule has 0 bridgehead atoms. The summed E-state index contributed by atoms with van der Waals surface area (Å²) in [5.74, 6) is 0.0714. The molecule has 1 atom stereocenters. The van der Waals surface area contributed by atoms with Gasteiger partial charge in [-0.05, 0) is 18.4 Å². The van der Waals surface area contributed by atoms with E-state index in [1.807, 2.05) is 24.4 Å². The smallest absolute Gasteiger partial charge is 0.233 e. The lowest BCUT2D eigenvalue weighted by Gasteiger charge is -2.08. The van der Waals surface area contributed by atoms with E-state index >= 15 is 0 Å². The summed E-state index contributed by atoms with van der Waals surface area (Å²) in [6.07, 6.45) is 2.83. The first-order valence-electron chi connectivity index (χ1n) is 6.40. The summed E-state index contributed by atoms with van der Waals surface area (Å²) in [6, 6.07) is 5.48. The topological polar surface area (TPSA) is 81.1 Å². The molecule has 0 radical (unpaired) electrons. The summed E-state index contributed by atoms with van der Waals surface area (Å²) in [5.41, 5.74) is 0. The SMILES string of the molecule is C[C@@H](C(=O)Nc1ccn(CCS(C)(=O)=O)n1)c1cccs1. The number of sulfone groups is 1. The fourth-order valence-electron chi connectivity index (χ4n) is 1.71. The molecule has 8 heteroatoms. The Balaban J connectivity index is 1.94. The Morgan fingerprint density at radius 3 is 2.86 bits per heavy atom. The van der Waals surface area contributed by atoms with Crippen molar-refractivity contribution in [2.75, 3.05) is 17.3 Å². The van der Waals surface area contributed by atoms with Gasteiger partial charge in [0.2, 0.25) is 5.91 Å². The van der Waals surface area contributed by atoms with Gasteiger partial charge in [0.15, 0.2) is 5.82 Å². The number of carbonyl (C=O) groups is 1. The highest BCUT2D eigenvalue weighted by molar-refractivity contribution is 7.90. The average Bonchev–Trinajstić information content (AvgIpc) is 3.06. The predicted octanol–water partition coefficient (Wildman–Crippen LogP) is 1.73. The molecule has 0 aliphatic rings. The molecule has 2 heterocycles. The normalized spacial score (nSPS) is 13.0. The number of amides is 1. The van der Waals surface area contributed by atoms with Crippen LogP contribution < -0.4 is 5.32 Å². The molecular formula is C13H17N3O3S2. The van der Waals surface area contributed by atoms with E-state index < -0.39 is 9.84 Å². The molecular weight excluding hydrogens is 310 g/mol. The van der Waals surface area contributed by atoms with Gasteiger partial charge in [0.1, 0.15) is 9.84 Å². The number of aromatic nitrogens is 2. The molecule has 2 aromatic rings. The van der Waals surface area contributed by atoms with Crippen LogP contribution in [0.15, 0.2) is 29.8 Å². The molecule has 21 heavy (non-hydrogen) atoms. The number of anilines is 1. The molecule has 2 rings (SSSR count). The molecule has 0 unspecified atom stereocenters. The van der Waals surface area contributed by atoms with Crippen LogP contribution in [0.1, 0.15) is 17.7 Å². The van der Waals surface area contributed by atoms with Crippen molar-refractivity contribution in [3.63, 3.8) is 0 Å². The van der Waals surface area contributed by atoms with Gasteiger partial charge in [-0.15, -0.1) is 11.3 Å². The predicted molar refractivity (Wildman–Crippen MR) is 83.3 cm³/mol. The number of nitrogens with one attached hydrogen (secondary N) is 1. The number of hydrogen-bond donors (Lipinski definition) is 1. The molecule has 0 spiro atoms. The van der Waals surface area contributed by atoms with Gasteiger partial charge < -0.3 is 5.32 Å². The number of aryl methyl sites for hydroxylation is 1. The van der Waals surface area contributed by atoms with Gasteiger partial charge in [-0.3, -0.25) is 9.48 Å². The van der Waals surface area contributed by atoms with Crippen molar-refractivity contribution in [1.29, 1.82) is 0 Å². The summed E-state index contributed by atoms with van der Waals surface area (Å²) >= 11 is 1.53. The molecule has 0 aliphatic carbocycles. The van der Waals surface area contributed by atoms with Crippen LogP contribution in [-0.4, -0.2) is 36.1 Å². The number of thiophene rings is 1. The van der Waals surface area contributed by atoms with Crippen molar-refractivity contribution in [1.82, 2.24) is 9.78 Å². The van der Waals surface area contributed by atoms with Crippen molar-refractivity contribution in [2.24, 2.45) is 0 Å². The van der Waals surface area contributed by atoms with Crippen LogP contribution in [-0.2, 0) is 21.2 Å². The average molecular weight is 327 g/mol. The molecule has 2 aromatic heterocycles. The largest absolute Gasteiger partial charge is 0.309 e. The minimum Gasteiger partial charge on any atom is -0.309 e. The van der Waals surface area contributed by atoms with Gasteiger partial charge in [0, 0.05) is 23.4 Å². The van der Waals surface area contributed by atoms with Gasteiger partial charge in [-0.2, -0.15) is 5.10 Å². The van der Waals surface area contributed by atoms with E-state index in [1.165, 1.54) is 22.3 Å². The molecule has 0 aromatic carbocycles. The van der Waals surface area contributed by atoms with Crippen molar-refractivity contribution in [2.45, 2.75) is 19.4 Å². The van der Waals surface area contributed by atoms with Crippen molar-refractivity contribution in [3.8, 4) is 0 Å². The van der Waals surface area contributed by atoms with Gasteiger partial charge >= 0.3 is 0 Å². The van der Waals surface area contributed by atoms with E-state index in [9.17, 15) is 13.2 Å². The minimum absolute atomic E-state index is 0.0215. The number of rotatable bonds is 6. The van der Waals surface area contributed by atoms with Gasteiger partial charge in [0.05, 0.1) is 18.2 Å². The Morgan fingerprint density at radius 1 is 1.48 bits per heavy atom. The lowest BCUT2D eigenvalue weighted by molar-refractivity contribution is -0.117. The van der Waals surface area contributed by atoms with E-state index in [0.29, 0.717) is 5.82 Å². The summed E-state index contributed by atoms with van der Waals surface area (Å²) in [7, 11) is -3.03. The Labute approximate surface area is 127 Å². The Morgan fingerprint density at radius 2 is 2.24 bits per heavy atom. The van der Waals surface area contributed by atoms with Crippen LogP contribution in [0.3, 0.4) is 0 Å². The molecule has 0 aliphatic heterocycles. The first-order valence-corrected chi connectivity index (χ1v) is 9.34. The van der Waals surface area contributed by atoms with Crippen molar-refractivity contribution in [3.05, 3.63) is 34.7 Å². The second-order valence-electron chi connectivity index (χ2n) is 4.82. The first kappa shape index (κ1) is 15.7. The van der Waals surface area contributed by atoms with E-state index in [-0.39, 0.29) is 24.1 Å². The third kappa shape index (κ3) is 4.68. The van der Waals surface area contributed by atoms with Crippen LogP contribution >= 0.6 is 11.3 Å². The van der Waals surface area contributed by atoms with E-state index in [4.69, 9.17) is 0 Å². The quantitative estimate of drug-likeness (QED) is 0.876. The van der Waals surface area contributed by atoms with Crippen LogP contribution in [0.4, 0.5) is 5.82 Å². The molecule has 0 saturated carbocycles. The van der Waals surface area contributed by atoms with Crippen LogP contribution in [0.25, 0.3) is 0 Å². The van der Waals surface area contributed by atoms with Crippen molar-refractivity contribution >= 4 is 32.9 Å². The molecule has 6 nitrogen and oxygen atoms in total. The fraction of sp³-hybridized carbons (Fsp3) is 0.385. The third-order valence-corrected chi connectivity index (χ3v) is 4.93. The highest BCUT2D eigenvalue weighted by Gasteiger charge is 2.17. The molecule has 0 fully saturated rings. The molecule has 114 valence electrons. The van der Waals surface area contributed by atoms with Crippen LogP contribution in [0.2, 0.25) is 0 Å². The maximum absolute atomic E-state index is 12.1. The van der Waals surface area contributed by atoms with Crippen LogP contribution in [0.5, 0.6) is 0 Å². The highest BCUT2D eigenvalue weighted by Crippen LogP contribution is 2.21. The van der Waals surface area contributed by atoms with Gasteiger partial charge in [0.25, 0.3) is 0 Å². The lowest BCUT2D eigenvalue weighted by atomic mass is 10.1. The first-order chi connectivity index (χ1) is 9.85. The minimum atomic E-state index is -3.03. The lowest BCUT2D eigenvalue weighted by Crippen LogP contribution is -2.19. The van der Waals surface area contributed by atoms with Gasteiger partial charge in [-0.1, -0.05) is 6.07 Å². The highest BCUT2D eigenvalue weighted by atomic mass is 32.2. The van der Waals surface area contributed by atoms with Gasteiger partial charge in [-0.25, -0.2) is 8.42 Å². The summed E-state index contributed by atoms with van der Waals surface area (Å²) in [6.45, 7) is 2.11. The summed E-state index contributed by atoms with van der Waals surface area (Å²) < 4.78 is 23.7. The molecule has 1 N–H and O–H groups in total. The Bertz CT molecular complexity index is 705. The number of hydrogen-bond acceptors (Lipinski definition) is 5. The Kier molecular flexibility index (Phi) is 4.79. The standard InChI is InChI=1S/C13H17N3O3S2/c1-10(11-4-3-8-20-11)13(17)14-12-5-6-16(15-12)7-9-21(2,18)19/h3-6,8,10H,7,9H2,1-2H3,(H,14,15,17)/t10-/m1/s1. The maximum atomic E-state index is 12.1. The molecule has 1 amide bonds. The zero-order chi connectivity index (χ0) is 15.5. The third-order valence-electron chi connectivity index (χ3n) is 2.95. The second-order valence-corrected chi connectivity index (χ2v) is 8.06. The Hall–Kier alpha value is -1.67. The number of nitrogens with zero attached hydrogens (tertiary/aromatic N) is 2. The van der Waals surface area contributed by atoms with E-state index in [0.717, 1.165) is 4.88 Å². The zero-order valence-corrected chi connectivity index (χ0v) is 13.4. The van der Waals surface area contributed by atoms with Crippen LogP contribution in [0, 0.1) is 0 Å². The monoisotopic (exact) mass is 327 g/mol. The van der Waals surface area contributed by atoms with Crippen molar-refractivity contribution < 1.29 is 13.2 Å². The van der Waals surface area contributed by atoms with E-state index in [1.54, 1.807) is 12.3 Å².